The van der Waals surface area contributed by atoms with E-state index in [1.807, 2.05) is 36.4 Å². The molecule has 18 heavy (non-hydrogen) atoms. The van der Waals surface area contributed by atoms with Gasteiger partial charge >= 0.3 is 0 Å². The third-order valence-electron chi connectivity index (χ3n) is 2.70. The number of ketones is 1. The normalized spacial score (nSPS) is 10.1. The van der Waals surface area contributed by atoms with Gasteiger partial charge in [-0.15, -0.1) is 0 Å². The van der Waals surface area contributed by atoms with Gasteiger partial charge in [0.25, 0.3) is 0 Å². The highest BCUT2D eigenvalue weighted by molar-refractivity contribution is 9.10. The summed E-state index contributed by atoms with van der Waals surface area (Å²) in [6, 6.07) is 15.7. The van der Waals surface area contributed by atoms with E-state index in [1.165, 1.54) is 5.56 Å². The molecule has 0 aromatic heterocycles. The summed E-state index contributed by atoms with van der Waals surface area (Å²) >= 11 is 3.41. The quantitative estimate of drug-likeness (QED) is 0.855. The third-order valence-corrected chi connectivity index (χ3v) is 3.23. The van der Waals surface area contributed by atoms with Gasteiger partial charge in [0.1, 0.15) is 0 Å². The molecule has 0 saturated carbocycles. The maximum absolute atomic E-state index is 11.1. The molecule has 0 amide bonds. The molecule has 1 N–H and O–H groups in total. The third kappa shape index (κ3) is 3.44. The lowest BCUT2D eigenvalue weighted by Gasteiger charge is -2.07. The van der Waals surface area contributed by atoms with Crippen molar-refractivity contribution in [2.45, 2.75) is 13.5 Å². The molecule has 0 spiro atoms. The van der Waals surface area contributed by atoms with Crippen molar-refractivity contribution in [3.8, 4) is 0 Å². The number of rotatable bonds is 4. The number of carbonyl (C=O) groups is 1. The molecular formula is C15H14BrNO. The van der Waals surface area contributed by atoms with Crippen molar-refractivity contribution in [1.29, 1.82) is 0 Å². The first kappa shape index (κ1) is 12.8. The first-order valence-electron chi connectivity index (χ1n) is 5.74. The zero-order valence-electron chi connectivity index (χ0n) is 10.1. The van der Waals surface area contributed by atoms with E-state index in [9.17, 15) is 4.79 Å². The lowest BCUT2D eigenvalue weighted by atomic mass is 10.1. The minimum Gasteiger partial charge on any atom is -0.381 e. The molecule has 2 aromatic rings. The van der Waals surface area contributed by atoms with Crippen LogP contribution in [0.3, 0.4) is 0 Å². The Balaban J connectivity index is 1.97. The highest BCUT2D eigenvalue weighted by Crippen LogP contribution is 2.14. The van der Waals surface area contributed by atoms with Gasteiger partial charge in [0.2, 0.25) is 0 Å². The summed E-state index contributed by atoms with van der Waals surface area (Å²) in [5.41, 5.74) is 2.97. The Morgan fingerprint density at radius 2 is 1.67 bits per heavy atom. The van der Waals surface area contributed by atoms with Crippen molar-refractivity contribution in [3.63, 3.8) is 0 Å². The van der Waals surface area contributed by atoms with Gasteiger partial charge in [-0.25, -0.2) is 0 Å². The molecule has 3 heteroatoms. The lowest BCUT2D eigenvalue weighted by Crippen LogP contribution is -1.99. The van der Waals surface area contributed by atoms with E-state index < -0.39 is 0 Å². The molecule has 0 atom stereocenters. The topological polar surface area (TPSA) is 29.1 Å². The number of nitrogens with one attached hydrogen (secondary N) is 1. The van der Waals surface area contributed by atoms with Crippen LogP contribution in [-0.4, -0.2) is 5.78 Å². The molecule has 0 radical (unpaired) electrons. The van der Waals surface area contributed by atoms with E-state index in [0.29, 0.717) is 0 Å². The fourth-order valence-electron chi connectivity index (χ4n) is 1.63. The second-order valence-electron chi connectivity index (χ2n) is 4.11. The molecule has 0 unspecified atom stereocenters. The first-order chi connectivity index (χ1) is 8.65. The van der Waals surface area contributed by atoms with Crippen LogP contribution >= 0.6 is 15.9 Å². The van der Waals surface area contributed by atoms with Crippen LogP contribution < -0.4 is 5.32 Å². The largest absolute Gasteiger partial charge is 0.381 e. The van der Waals surface area contributed by atoms with E-state index >= 15 is 0 Å². The number of Topliss-reactive ketones (excluding diaryl/α,β-unsaturated/α-hetero) is 1. The van der Waals surface area contributed by atoms with E-state index in [4.69, 9.17) is 0 Å². The molecule has 0 bridgehead atoms. The van der Waals surface area contributed by atoms with Crippen LogP contribution in [-0.2, 0) is 6.54 Å². The van der Waals surface area contributed by atoms with Crippen LogP contribution in [0.1, 0.15) is 22.8 Å². The monoisotopic (exact) mass is 303 g/mol. The summed E-state index contributed by atoms with van der Waals surface area (Å²) in [4.78, 5) is 11.1. The maximum atomic E-state index is 11.1. The van der Waals surface area contributed by atoms with Crippen molar-refractivity contribution >= 4 is 27.4 Å². The Morgan fingerprint density at radius 3 is 2.22 bits per heavy atom. The Labute approximate surface area is 115 Å². The van der Waals surface area contributed by atoms with Crippen LogP contribution in [0.2, 0.25) is 0 Å². The fraction of sp³-hybridized carbons (Fsp3) is 0.133. The van der Waals surface area contributed by atoms with E-state index in [2.05, 4.69) is 33.4 Å². The molecule has 2 nitrogen and oxygen atoms in total. The average Bonchev–Trinajstić information content (AvgIpc) is 2.38. The van der Waals surface area contributed by atoms with Crippen molar-refractivity contribution in [1.82, 2.24) is 0 Å². The summed E-state index contributed by atoms with van der Waals surface area (Å²) in [5, 5.41) is 3.32. The molecular weight excluding hydrogens is 290 g/mol. The van der Waals surface area contributed by atoms with E-state index in [1.54, 1.807) is 6.92 Å². The number of hydrogen-bond acceptors (Lipinski definition) is 2. The molecule has 92 valence electrons. The first-order valence-corrected chi connectivity index (χ1v) is 6.54. The number of carbonyl (C=O) groups excluding carboxylic acids is 1. The highest BCUT2D eigenvalue weighted by Gasteiger charge is 1.99. The number of benzene rings is 2. The minimum atomic E-state index is 0.0921. The molecule has 0 aliphatic rings. The maximum Gasteiger partial charge on any atom is 0.159 e. The van der Waals surface area contributed by atoms with E-state index in [0.717, 1.165) is 22.3 Å². The van der Waals surface area contributed by atoms with Gasteiger partial charge < -0.3 is 5.32 Å². The predicted molar refractivity (Wildman–Crippen MR) is 77.9 cm³/mol. The van der Waals surface area contributed by atoms with Gasteiger partial charge in [0.05, 0.1) is 0 Å². The Hall–Kier alpha value is -1.61. The Bertz CT molecular complexity index is 531. The standard InChI is InChI=1S/C15H14BrNO/c1-11(18)13-4-8-15(9-5-13)17-10-12-2-6-14(16)7-3-12/h2-9,17H,10H2,1H3. The van der Waals surface area contributed by atoms with Crippen molar-refractivity contribution < 1.29 is 4.79 Å². The highest BCUT2D eigenvalue weighted by atomic mass is 79.9. The Morgan fingerprint density at radius 1 is 1.06 bits per heavy atom. The van der Waals surface area contributed by atoms with Crippen molar-refractivity contribution in [2.75, 3.05) is 5.32 Å². The lowest BCUT2D eigenvalue weighted by molar-refractivity contribution is 0.101. The van der Waals surface area contributed by atoms with Gasteiger partial charge in [-0.3, -0.25) is 4.79 Å². The summed E-state index contributed by atoms with van der Waals surface area (Å²) in [6.45, 7) is 2.34. The molecule has 0 aliphatic heterocycles. The van der Waals surface area contributed by atoms with Gasteiger partial charge in [0.15, 0.2) is 5.78 Å². The summed E-state index contributed by atoms with van der Waals surface area (Å²) in [6.07, 6.45) is 0. The van der Waals surface area contributed by atoms with Crippen LogP contribution in [0, 0.1) is 0 Å². The van der Waals surface area contributed by atoms with E-state index in [-0.39, 0.29) is 5.78 Å². The molecule has 0 heterocycles. The van der Waals surface area contributed by atoms with Crippen LogP contribution in [0.25, 0.3) is 0 Å². The van der Waals surface area contributed by atoms with Crippen LogP contribution in [0.5, 0.6) is 0 Å². The fourth-order valence-corrected chi connectivity index (χ4v) is 1.89. The molecule has 2 rings (SSSR count). The Kier molecular flexibility index (Phi) is 4.15. The summed E-state index contributed by atoms with van der Waals surface area (Å²) in [7, 11) is 0. The second kappa shape index (κ2) is 5.83. The zero-order valence-corrected chi connectivity index (χ0v) is 11.7. The van der Waals surface area contributed by atoms with Crippen molar-refractivity contribution in [2.24, 2.45) is 0 Å². The van der Waals surface area contributed by atoms with Crippen LogP contribution in [0.4, 0.5) is 5.69 Å². The van der Waals surface area contributed by atoms with Crippen molar-refractivity contribution in [3.05, 3.63) is 64.1 Å². The molecule has 0 fully saturated rings. The smallest absolute Gasteiger partial charge is 0.159 e. The predicted octanol–water partition coefficient (Wildman–Crippen LogP) is 4.26. The zero-order chi connectivity index (χ0) is 13.0. The van der Waals surface area contributed by atoms with Gasteiger partial charge in [-0.2, -0.15) is 0 Å². The van der Waals surface area contributed by atoms with Gasteiger partial charge in [-0.05, 0) is 48.9 Å². The number of anilines is 1. The van der Waals surface area contributed by atoms with Gasteiger partial charge in [0, 0.05) is 22.3 Å². The number of halogens is 1. The molecule has 0 aliphatic carbocycles. The summed E-state index contributed by atoms with van der Waals surface area (Å²) in [5.74, 6) is 0.0921. The average molecular weight is 304 g/mol. The van der Waals surface area contributed by atoms with Gasteiger partial charge in [-0.1, -0.05) is 28.1 Å². The molecule has 2 aromatic carbocycles. The number of hydrogen-bond donors (Lipinski definition) is 1. The second-order valence-corrected chi connectivity index (χ2v) is 5.03. The van der Waals surface area contributed by atoms with Crippen LogP contribution in [0.15, 0.2) is 53.0 Å². The molecule has 0 saturated heterocycles. The minimum absolute atomic E-state index is 0.0921. The SMILES string of the molecule is CC(=O)c1ccc(NCc2ccc(Br)cc2)cc1. The summed E-state index contributed by atoms with van der Waals surface area (Å²) < 4.78 is 1.08.